The second-order valence-electron chi connectivity index (χ2n) is 10.6. The van der Waals surface area contributed by atoms with E-state index in [1.165, 1.54) is 51.9 Å². The van der Waals surface area contributed by atoms with Crippen LogP contribution in [0.2, 0.25) is 0 Å². The summed E-state index contributed by atoms with van der Waals surface area (Å²) in [5.41, 5.74) is 3.97. The molecule has 1 aromatic heterocycles. The first-order chi connectivity index (χ1) is 22.0. The number of hydrogen-bond acceptors (Lipinski definition) is 7. The first-order valence-corrected chi connectivity index (χ1v) is 15.4. The van der Waals surface area contributed by atoms with Crippen LogP contribution in [-0.2, 0) is 11.2 Å². The molecule has 0 atom stereocenters. The van der Waals surface area contributed by atoms with Gasteiger partial charge in [0.1, 0.15) is 17.8 Å². The van der Waals surface area contributed by atoms with Gasteiger partial charge >= 0.3 is 12.4 Å². The van der Waals surface area contributed by atoms with Gasteiger partial charge in [-0.2, -0.15) is 4.99 Å². The Balaban J connectivity index is 1.13. The van der Waals surface area contributed by atoms with Crippen molar-refractivity contribution >= 4 is 34.6 Å². The van der Waals surface area contributed by atoms with Gasteiger partial charge in [0, 0.05) is 12.1 Å². The van der Waals surface area contributed by atoms with Gasteiger partial charge in [-0.3, -0.25) is 9.69 Å². The number of amides is 3. The molecule has 46 heavy (non-hydrogen) atoms. The molecule has 0 unspecified atom stereocenters. The number of halogens is 3. The van der Waals surface area contributed by atoms with E-state index in [0.717, 1.165) is 16.7 Å². The molecule has 0 bridgehead atoms. The van der Waals surface area contributed by atoms with Gasteiger partial charge in [0.25, 0.3) is 0 Å². The molecule has 0 radical (unpaired) electrons. The lowest BCUT2D eigenvalue weighted by molar-refractivity contribution is -0.274. The summed E-state index contributed by atoms with van der Waals surface area (Å²) >= 11 is 1.23. The number of anilines is 1. The van der Waals surface area contributed by atoms with Crippen LogP contribution in [-0.4, -0.2) is 57.6 Å². The standard InChI is InChI=1S/C32H31F3N6O4S/c1-20(2)26-17-25(44-3)14-15-27(26)41-28(42)18-46-31(41)38-30(43)36-16-4-5-21-6-8-22(9-7-21)29-37-19-40(39-29)23-10-12-24(13-11-23)45-32(33,34)35/h6-15,17,19-20H,4-5,16,18H2,1-3H3,(H,36,43). The minimum atomic E-state index is -4.76. The number of aromatic nitrogens is 3. The zero-order valence-corrected chi connectivity index (χ0v) is 26.1. The minimum Gasteiger partial charge on any atom is -0.497 e. The van der Waals surface area contributed by atoms with E-state index in [2.05, 4.69) is 25.1 Å². The topological polar surface area (TPSA) is 111 Å². The van der Waals surface area contributed by atoms with Crippen LogP contribution in [0, 0.1) is 0 Å². The van der Waals surface area contributed by atoms with Gasteiger partial charge < -0.3 is 14.8 Å². The summed E-state index contributed by atoms with van der Waals surface area (Å²) in [7, 11) is 1.59. The van der Waals surface area contributed by atoms with Crippen molar-refractivity contribution in [3.63, 3.8) is 0 Å². The van der Waals surface area contributed by atoms with Gasteiger partial charge in [-0.15, -0.1) is 18.3 Å². The van der Waals surface area contributed by atoms with Crippen molar-refractivity contribution in [3.05, 3.63) is 84.2 Å². The van der Waals surface area contributed by atoms with Gasteiger partial charge in [0.05, 0.1) is 24.2 Å². The van der Waals surface area contributed by atoms with Crippen LogP contribution in [0.3, 0.4) is 0 Å². The molecule has 0 aliphatic carbocycles. The number of carbonyl (C=O) groups is 2. The van der Waals surface area contributed by atoms with E-state index in [0.29, 0.717) is 47.5 Å². The van der Waals surface area contributed by atoms with Gasteiger partial charge in [-0.25, -0.2) is 14.5 Å². The molecule has 3 amide bonds. The zero-order valence-electron chi connectivity index (χ0n) is 25.2. The summed E-state index contributed by atoms with van der Waals surface area (Å²) in [5.74, 6) is 1.02. The quantitative estimate of drug-likeness (QED) is 0.189. The second-order valence-corrected chi connectivity index (χ2v) is 11.5. The first-order valence-electron chi connectivity index (χ1n) is 14.4. The fourth-order valence-electron chi connectivity index (χ4n) is 4.76. The summed E-state index contributed by atoms with van der Waals surface area (Å²) in [6, 6.07) is 18.0. The number of aliphatic imine (C=N–C) groups is 1. The Hall–Kier alpha value is -4.85. The van der Waals surface area contributed by atoms with E-state index in [9.17, 15) is 22.8 Å². The van der Waals surface area contributed by atoms with E-state index in [1.54, 1.807) is 13.2 Å². The molecule has 0 saturated carbocycles. The Kier molecular flexibility index (Phi) is 9.95. The Labute approximate surface area is 267 Å². The van der Waals surface area contributed by atoms with Crippen molar-refractivity contribution in [2.75, 3.05) is 24.3 Å². The molecular formula is C32H31F3N6O4S. The SMILES string of the molecule is COc1ccc(N2C(=O)CSC2=NC(=O)NCCCc2ccc(-c3ncn(-c4ccc(OC(F)(F)F)cc4)n3)cc2)c(C(C)C)c1. The maximum absolute atomic E-state index is 12.8. The van der Waals surface area contributed by atoms with Crippen LogP contribution in [0.15, 0.2) is 78.0 Å². The predicted octanol–water partition coefficient (Wildman–Crippen LogP) is 6.74. The number of aryl methyl sites for hydroxylation is 1. The third-order valence-corrected chi connectivity index (χ3v) is 7.94. The van der Waals surface area contributed by atoms with Crippen molar-refractivity contribution in [3.8, 4) is 28.6 Å². The summed E-state index contributed by atoms with van der Waals surface area (Å²) in [5, 5.41) is 7.57. The number of urea groups is 1. The maximum Gasteiger partial charge on any atom is 0.573 e. The number of ether oxygens (including phenoxy) is 2. The zero-order chi connectivity index (χ0) is 32.8. The lowest BCUT2D eigenvalue weighted by atomic mass is 10.00. The second kappa shape index (κ2) is 14.1. The fourth-order valence-corrected chi connectivity index (χ4v) is 5.62. The van der Waals surface area contributed by atoms with Crippen molar-refractivity contribution in [1.82, 2.24) is 20.1 Å². The molecule has 0 spiro atoms. The number of carbonyl (C=O) groups excluding carboxylic acids is 2. The smallest absolute Gasteiger partial charge is 0.497 e. The highest BCUT2D eigenvalue weighted by Gasteiger charge is 2.33. The molecule has 1 saturated heterocycles. The van der Waals surface area contributed by atoms with Crippen LogP contribution in [0.25, 0.3) is 17.1 Å². The monoisotopic (exact) mass is 652 g/mol. The van der Waals surface area contributed by atoms with Crippen LogP contribution >= 0.6 is 11.8 Å². The molecular weight excluding hydrogens is 621 g/mol. The molecule has 240 valence electrons. The lowest BCUT2D eigenvalue weighted by Gasteiger charge is -2.22. The number of benzene rings is 3. The number of alkyl halides is 3. The average molecular weight is 653 g/mol. The Morgan fingerprint density at radius 1 is 1.07 bits per heavy atom. The molecule has 4 aromatic rings. The van der Waals surface area contributed by atoms with E-state index in [1.807, 2.05) is 50.2 Å². The lowest BCUT2D eigenvalue weighted by Crippen LogP contribution is -2.32. The highest BCUT2D eigenvalue weighted by Crippen LogP contribution is 2.35. The largest absolute Gasteiger partial charge is 0.573 e. The number of nitrogens with one attached hydrogen (secondary N) is 1. The number of hydrogen-bond donors (Lipinski definition) is 1. The van der Waals surface area contributed by atoms with Crippen LogP contribution in [0.1, 0.15) is 37.3 Å². The molecule has 5 rings (SSSR count). The van der Waals surface area contributed by atoms with Gasteiger partial charge in [0.15, 0.2) is 11.0 Å². The molecule has 3 aromatic carbocycles. The average Bonchev–Trinajstić information content (AvgIpc) is 3.66. The number of thioether (sulfide) groups is 1. The van der Waals surface area contributed by atoms with Crippen molar-refractivity contribution < 1.29 is 32.2 Å². The van der Waals surface area contributed by atoms with Crippen molar-refractivity contribution in [1.29, 1.82) is 0 Å². The molecule has 14 heteroatoms. The van der Waals surface area contributed by atoms with Crippen molar-refractivity contribution in [2.24, 2.45) is 4.99 Å². The molecule has 10 nitrogen and oxygen atoms in total. The van der Waals surface area contributed by atoms with E-state index < -0.39 is 12.4 Å². The first kappa shape index (κ1) is 32.5. The molecule has 1 fully saturated rings. The van der Waals surface area contributed by atoms with E-state index in [4.69, 9.17) is 4.74 Å². The highest BCUT2D eigenvalue weighted by molar-refractivity contribution is 8.15. The number of nitrogens with zero attached hydrogens (tertiary/aromatic N) is 5. The van der Waals surface area contributed by atoms with E-state index >= 15 is 0 Å². The summed E-state index contributed by atoms with van der Waals surface area (Å²) < 4.78 is 47.9. The van der Waals surface area contributed by atoms with Gasteiger partial charge in [-0.1, -0.05) is 49.9 Å². The molecule has 2 heterocycles. The van der Waals surface area contributed by atoms with Crippen molar-refractivity contribution in [2.45, 2.75) is 39.0 Å². The Morgan fingerprint density at radius 3 is 2.46 bits per heavy atom. The highest BCUT2D eigenvalue weighted by atomic mass is 32.2. The normalized spacial score (nSPS) is 14.3. The van der Waals surface area contributed by atoms with Crippen LogP contribution in [0.4, 0.5) is 23.7 Å². The maximum atomic E-state index is 12.8. The number of amidine groups is 1. The molecule has 1 aliphatic rings. The third-order valence-electron chi connectivity index (χ3n) is 7.02. The van der Waals surface area contributed by atoms with E-state index in [-0.39, 0.29) is 23.3 Å². The number of methoxy groups -OCH3 is 1. The third kappa shape index (κ3) is 8.05. The van der Waals surface area contributed by atoms with Crippen LogP contribution < -0.4 is 19.7 Å². The molecule has 1 aliphatic heterocycles. The van der Waals surface area contributed by atoms with Gasteiger partial charge in [-0.05, 0) is 72.4 Å². The number of rotatable bonds is 10. The summed E-state index contributed by atoms with van der Waals surface area (Å²) in [4.78, 5) is 35.4. The Morgan fingerprint density at radius 2 is 1.78 bits per heavy atom. The Bertz CT molecular complexity index is 1720. The summed E-state index contributed by atoms with van der Waals surface area (Å²) in [6.45, 7) is 4.45. The molecule has 1 N–H and O–H groups in total. The van der Waals surface area contributed by atoms with Crippen LogP contribution in [0.5, 0.6) is 11.5 Å². The summed E-state index contributed by atoms with van der Waals surface area (Å²) in [6.07, 6.45) is -1.90. The predicted molar refractivity (Wildman–Crippen MR) is 170 cm³/mol. The minimum absolute atomic E-state index is 0.123. The van der Waals surface area contributed by atoms with Gasteiger partial charge in [0.2, 0.25) is 5.91 Å². The fraction of sp³-hybridized carbons (Fsp3) is 0.281.